The Labute approximate surface area is 133 Å². The third-order valence-electron chi connectivity index (χ3n) is 3.40. The molecular formula is C16H20O7. The quantitative estimate of drug-likeness (QED) is 0.445. The summed E-state index contributed by atoms with van der Waals surface area (Å²) < 4.78 is 5.47. The predicted octanol–water partition coefficient (Wildman–Crippen LogP) is 2.21. The van der Waals surface area contributed by atoms with E-state index in [0.717, 1.165) is 12.8 Å². The van der Waals surface area contributed by atoms with Gasteiger partial charge in [0.15, 0.2) is 5.92 Å². The fourth-order valence-corrected chi connectivity index (χ4v) is 2.21. The largest absolute Gasteiger partial charge is 0.494 e. The maximum atomic E-state index is 11.2. The van der Waals surface area contributed by atoms with Gasteiger partial charge >= 0.3 is 17.9 Å². The molecule has 0 bridgehead atoms. The molecule has 0 fully saturated rings. The number of hydrogen-bond acceptors (Lipinski definition) is 4. The minimum absolute atomic E-state index is 0.338. The first kappa shape index (κ1) is 18.5. The SMILES string of the molecule is CCCCOc1ccc(C(CC(=O)O)C(C(=O)O)C(=O)O)cc1. The molecule has 0 aliphatic carbocycles. The van der Waals surface area contributed by atoms with Crippen LogP contribution in [0.15, 0.2) is 24.3 Å². The van der Waals surface area contributed by atoms with Gasteiger partial charge in [0, 0.05) is 5.92 Å². The molecule has 0 aliphatic heterocycles. The molecule has 1 aromatic rings. The van der Waals surface area contributed by atoms with E-state index in [9.17, 15) is 14.4 Å². The van der Waals surface area contributed by atoms with E-state index in [4.69, 9.17) is 20.1 Å². The summed E-state index contributed by atoms with van der Waals surface area (Å²) in [5.74, 6) is -6.80. The van der Waals surface area contributed by atoms with Crippen molar-refractivity contribution in [2.45, 2.75) is 32.1 Å². The van der Waals surface area contributed by atoms with E-state index in [0.29, 0.717) is 17.9 Å². The summed E-state index contributed by atoms with van der Waals surface area (Å²) in [6, 6.07) is 6.18. The topological polar surface area (TPSA) is 121 Å². The van der Waals surface area contributed by atoms with Gasteiger partial charge in [-0.1, -0.05) is 25.5 Å². The minimum atomic E-state index is -1.82. The van der Waals surface area contributed by atoms with E-state index in [1.807, 2.05) is 6.92 Å². The van der Waals surface area contributed by atoms with Crippen LogP contribution in [-0.4, -0.2) is 39.8 Å². The van der Waals surface area contributed by atoms with Gasteiger partial charge in [0.25, 0.3) is 0 Å². The lowest BCUT2D eigenvalue weighted by Crippen LogP contribution is -2.31. The molecule has 0 amide bonds. The van der Waals surface area contributed by atoms with Crippen molar-refractivity contribution in [3.63, 3.8) is 0 Å². The zero-order valence-corrected chi connectivity index (χ0v) is 12.8. The van der Waals surface area contributed by atoms with Crippen LogP contribution in [0.2, 0.25) is 0 Å². The van der Waals surface area contributed by atoms with Gasteiger partial charge in [-0.3, -0.25) is 14.4 Å². The number of aliphatic carboxylic acids is 3. The van der Waals surface area contributed by atoms with Gasteiger partial charge in [-0.05, 0) is 24.1 Å². The highest BCUT2D eigenvalue weighted by molar-refractivity contribution is 5.94. The number of carbonyl (C=O) groups is 3. The summed E-state index contributed by atoms with van der Waals surface area (Å²) >= 11 is 0. The third-order valence-corrected chi connectivity index (χ3v) is 3.40. The van der Waals surface area contributed by atoms with Crippen LogP contribution >= 0.6 is 0 Å². The molecule has 1 unspecified atom stereocenters. The van der Waals surface area contributed by atoms with Crippen LogP contribution in [0.5, 0.6) is 5.75 Å². The van der Waals surface area contributed by atoms with Crippen molar-refractivity contribution in [1.29, 1.82) is 0 Å². The molecule has 7 heteroatoms. The highest BCUT2D eigenvalue weighted by Gasteiger charge is 2.37. The van der Waals surface area contributed by atoms with Gasteiger partial charge in [0.2, 0.25) is 0 Å². The molecule has 0 aliphatic rings. The van der Waals surface area contributed by atoms with Crippen molar-refractivity contribution in [2.75, 3.05) is 6.61 Å². The Morgan fingerprint density at radius 2 is 1.61 bits per heavy atom. The highest BCUT2D eigenvalue weighted by atomic mass is 16.5. The zero-order valence-electron chi connectivity index (χ0n) is 12.8. The maximum absolute atomic E-state index is 11.2. The summed E-state index contributed by atoms with van der Waals surface area (Å²) in [7, 11) is 0. The molecule has 126 valence electrons. The number of hydrogen-bond donors (Lipinski definition) is 3. The molecular weight excluding hydrogens is 304 g/mol. The lowest BCUT2D eigenvalue weighted by Gasteiger charge is -2.20. The average molecular weight is 324 g/mol. The lowest BCUT2D eigenvalue weighted by molar-refractivity contribution is -0.156. The first-order valence-corrected chi connectivity index (χ1v) is 7.27. The van der Waals surface area contributed by atoms with Gasteiger partial charge < -0.3 is 20.1 Å². The summed E-state index contributed by atoms with van der Waals surface area (Å²) in [6.07, 6.45) is 1.29. The van der Waals surface area contributed by atoms with E-state index in [-0.39, 0.29) is 0 Å². The standard InChI is InChI=1S/C16H20O7/c1-2-3-8-23-11-6-4-10(5-7-11)12(9-13(17)18)14(15(19)20)16(21)22/h4-7,12,14H,2-3,8-9H2,1H3,(H,17,18)(H,19,20)(H,21,22). The summed E-state index contributed by atoms with van der Waals surface area (Å²) in [5, 5.41) is 27.1. The van der Waals surface area contributed by atoms with Crippen molar-refractivity contribution in [2.24, 2.45) is 5.92 Å². The minimum Gasteiger partial charge on any atom is -0.494 e. The van der Waals surface area contributed by atoms with Crippen LogP contribution in [0.3, 0.4) is 0 Å². The molecule has 1 atom stereocenters. The molecule has 0 heterocycles. The Kier molecular flexibility index (Phi) is 7.05. The second-order valence-corrected chi connectivity index (χ2v) is 5.13. The van der Waals surface area contributed by atoms with Gasteiger partial charge in [0.05, 0.1) is 13.0 Å². The molecule has 0 saturated carbocycles. The van der Waals surface area contributed by atoms with Crippen LogP contribution < -0.4 is 4.74 Å². The molecule has 1 aromatic carbocycles. The molecule has 0 saturated heterocycles. The predicted molar refractivity (Wildman–Crippen MR) is 80.6 cm³/mol. The average Bonchev–Trinajstić information content (AvgIpc) is 2.46. The second kappa shape index (κ2) is 8.77. The smallest absolute Gasteiger partial charge is 0.318 e. The van der Waals surface area contributed by atoms with E-state index in [1.165, 1.54) is 12.1 Å². The van der Waals surface area contributed by atoms with E-state index in [1.54, 1.807) is 12.1 Å². The number of unbranched alkanes of at least 4 members (excludes halogenated alkanes) is 1. The van der Waals surface area contributed by atoms with Crippen LogP contribution in [0.25, 0.3) is 0 Å². The van der Waals surface area contributed by atoms with Gasteiger partial charge in [-0.15, -0.1) is 0 Å². The van der Waals surface area contributed by atoms with Gasteiger partial charge in [-0.25, -0.2) is 0 Å². The van der Waals surface area contributed by atoms with Crippen LogP contribution in [0, 0.1) is 5.92 Å². The Morgan fingerprint density at radius 1 is 1.04 bits per heavy atom. The van der Waals surface area contributed by atoms with Crippen molar-refractivity contribution < 1.29 is 34.4 Å². The van der Waals surface area contributed by atoms with Gasteiger partial charge in [-0.2, -0.15) is 0 Å². The molecule has 0 spiro atoms. The fourth-order valence-electron chi connectivity index (χ4n) is 2.21. The Bertz CT molecular complexity index is 536. The summed E-state index contributed by atoms with van der Waals surface area (Å²) in [6.45, 7) is 2.57. The number of carboxylic acid groups (broad SMARTS) is 3. The van der Waals surface area contributed by atoms with E-state index < -0.39 is 36.2 Å². The monoisotopic (exact) mass is 324 g/mol. The maximum Gasteiger partial charge on any atom is 0.318 e. The molecule has 23 heavy (non-hydrogen) atoms. The molecule has 0 radical (unpaired) electrons. The van der Waals surface area contributed by atoms with Crippen molar-refractivity contribution in [3.05, 3.63) is 29.8 Å². The van der Waals surface area contributed by atoms with E-state index >= 15 is 0 Å². The lowest BCUT2D eigenvalue weighted by atomic mass is 9.83. The number of rotatable bonds is 10. The number of carboxylic acids is 3. The van der Waals surface area contributed by atoms with Crippen LogP contribution in [0.4, 0.5) is 0 Å². The summed E-state index contributed by atoms with van der Waals surface area (Å²) in [4.78, 5) is 33.3. The van der Waals surface area contributed by atoms with Crippen LogP contribution in [-0.2, 0) is 14.4 Å². The van der Waals surface area contributed by atoms with Crippen molar-refractivity contribution in [3.8, 4) is 5.75 Å². The Hall–Kier alpha value is -2.57. The molecule has 7 nitrogen and oxygen atoms in total. The summed E-state index contributed by atoms with van der Waals surface area (Å²) in [5.41, 5.74) is 0.338. The first-order valence-electron chi connectivity index (χ1n) is 7.27. The highest BCUT2D eigenvalue weighted by Crippen LogP contribution is 2.30. The number of benzene rings is 1. The zero-order chi connectivity index (χ0) is 17.4. The first-order chi connectivity index (χ1) is 10.9. The Morgan fingerprint density at radius 3 is 2.04 bits per heavy atom. The molecule has 0 aromatic heterocycles. The van der Waals surface area contributed by atoms with Crippen LogP contribution in [0.1, 0.15) is 37.7 Å². The fraction of sp³-hybridized carbons (Fsp3) is 0.438. The molecule has 3 N–H and O–H groups in total. The van der Waals surface area contributed by atoms with Gasteiger partial charge in [0.1, 0.15) is 5.75 Å². The number of ether oxygens (including phenoxy) is 1. The molecule has 1 rings (SSSR count). The normalized spacial score (nSPS) is 11.9. The van der Waals surface area contributed by atoms with Crippen molar-refractivity contribution >= 4 is 17.9 Å². The second-order valence-electron chi connectivity index (χ2n) is 5.13. The third kappa shape index (κ3) is 5.61. The Balaban J connectivity index is 3.00. The van der Waals surface area contributed by atoms with E-state index in [2.05, 4.69) is 0 Å². The van der Waals surface area contributed by atoms with Crippen molar-refractivity contribution in [1.82, 2.24) is 0 Å².